The zero-order valence-electron chi connectivity index (χ0n) is 8.46. The van der Waals surface area contributed by atoms with Gasteiger partial charge in [-0.1, -0.05) is 12.1 Å². The van der Waals surface area contributed by atoms with Crippen molar-refractivity contribution in [2.24, 2.45) is 0 Å². The second kappa shape index (κ2) is 4.81. The zero-order valence-corrected chi connectivity index (χ0v) is 10.9. The van der Waals surface area contributed by atoms with Gasteiger partial charge in [0, 0.05) is 12.2 Å². The number of rotatable bonds is 3. The lowest BCUT2D eigenvalue weighted by Crippen LogP contribution is -1.97. The molecule has 2 aromatic rings. The number of hydrogen-bond donors (Lipinski definition) is 1. The lowest BCUT2D eigenvalue weighted by atomic mass is 10.2. The predicted octanol–water partition coefficient (Wildman–Crippen LogP) is 4.43. The molecule has 0 bridgehead atoms. The number of thiophene rings is 1. The maximum atomic E-state index is 3.46. The van der Waals surface area contributed by atoms with E-state index in [0.29, 0.717) is 0 Å². The van der Waals surface area contributed by atoms with E-state index in [1.165, 1.54) is 20.6 Å². The van der Waals surface area contributed by atoms with Gasteiger partial charge in [-0.3, -0.25) is 0 Å². The van der Waals surface area contributed by atoms with Crippen LogP contribution in [0.5, 0.6) is 0 Å². The molecule has 0 unspecified atom stereocenters. The van der Waals surface area contributed by atoms with Gasteiger partial charge in [0.25, 0.3) is 0 Å². The standard InChI is InChI=1S/C12H12BrNS/c1-9-3-2-4-11(5-9)14-7-10-6-12(13)15-8-10/h2-6,8,14H,7H2,1H3. The van der Waals surface area contributed by atoms with Gasteiger partial charge in [0.15, 0.2) is 0 Å². The Labute approximate surface area is 102 Å². The van der Waals surface area contributed by atoms with E-state index in [0.717, 1.165) is 6.54 Å². The molecule has 0 aliphatic rings. The van der Waals surface area contributed by atoms with Gasteiger partial charge in [-0.05, 0) is 57.6 Å². The number of halogens is 1. The first-order valence-corrected chi connectivity index (χ1v) is 6.45. The van der Waals surface area contributed by atoms with Crippen LogP contribution in [0, 0.1) is 6.92 Å². The van der Waals surface area contributed by atoms with E-state index in [-0.39, 0.29) is 0 Å². The molecule has 78 valence electrons. The van der Waals surface area contributed by atoms with Gasteiger partial charge in [0.1, 0.15) is 0 Å². The Bertz CT molecular complexity index is 450. The van der Waals surface area contributed by atoms with Gasteiger partial charge >= 0.3 is 0 Å². The van der Waals surface area contributed by atoms with Gasteiger partial charge in [0.05, 0.1) is 3.79 Å². The molecular weight excluding hydrogens is 270 g/mol. The molecule has 0 amide bonds. The molecule has 1 N–H and O–H groups in total. The van der Waals surface area contributed by atoms with Crippen LogP contribution in [0.3, 0.4) is 0 Å². The first-order valence-electron chi connectivity index (χ1n) is 4.77. The highest BCUT2D eigenvalue weighted by molar-refractivity contribution is 9.11. The van der Waals surface area contributed by atoms with Crippen LogP contribution >= 0.6 is 27.3 Å². The van der Waals surface area contributed by atoms with Gasteiger partial charge in [-0.2, -0.15) is 0 Å². The van der Waals surface area contributed by atoms with Crippen molar-refractivity contribution in [2.75, 3.05) is 5.32 Å². The van der Waals surface area contributed by atoms with E-state index in [4.69, 9.17) is 0 Å². The predicted molar refractivity (Wildman–Crippen MR) is 70.5 cm³/mol. The van der Waals surface area contributed by atoms with Gasteiger partial charge in [0.2, 0.25) is 0 Å². The minimum absolute atomic E-state index is 0.881. The highest BCUT2D eigenvalue weighted by Crippen LogP contribution is 2.21. The largest absolute Gasteiger partial charge is 0.381 e. The number of hydrogen-bond acceptors (Lipinski definition) is 2. The van der Waals surface area contributed by atoms with E-state index < -0.39 is 0 Å². The molecule has 0 fully saturated rings. The smallest absolute Gasteiger partial charge is 0.0701 e. The van der Waals surface area contributed by atoms with E-state index in [1.54, 1.807) is 11.3 Å². The van der Waals surface area contributed by atoms with E-state index in [1.807, 2.05) is 0 Å². The summed E-state index contributed by atoms with van der Waals surface area (Å²) < 4.78 is 1.18. The fourth-order valence-corrected chi connectivity index (χ4v) is 2.61. The third-order valence-electron chi connectivity index (χ3n) is 2.14. The van der Waals surface area contributed by atoms with Crippen LogP contribution in [0.25, 0.3) is 0 Å². The molecule has 0 aliphatic carbocycles. The highest BCUT2D eigenvalue weighted by atomic mass is 79.9. The van der Waals surface area contributed by atoms with Crippen molar-refractivity contribution in [3.05, 3.63) is 50.6 Å². The Kier molecular flexibility index (Phi) is 3.44. The summed E-state index contributed by atoms with van der Waals surface area (Å²) in [5.41, 5.74) is 3.78. The first kappa shape index (κ1) is 10.7. The average molecular weight is 282 g/mol. The first-order chi connectivity index (χ1) is 7.24. The maximum Gasteiger partial charge on any atom is 0.0701 e. The Morgan fingerprint density at radius 3 is 2.87 bits per heavy atom. The summed E-state index contributed by atoms with van der Waals surface area (Å²) in [5.74, 6) is 0. The molecule has 0 spiro atoms. The average Bonchev–Trinajstić information content (AvgIpc) is 2.62. The number of aryl methyl sites for hydroxylation is 1. The Hall–Kier alpha value is -0.800. The van der Waals surface area contributed by atoms with Crippen LogP contribution in [0.4, 0.5) is 5.69 Å². The minimum atomic E-state index is 0.881. The Morgan fingerprint density at radius 2 is 2.20 bits per heavy atom. The molecule has 0 saturated carbocycles. The second-order valence-electron chi connectivity index (χ2n) is 3.48. The van der Waals surface area contributed by atoms with Crippen LogP contribution in [-0.2, 0) is 6.54 Å². The second-order valence-corrected chi connectivity index (χ2v) is 5.77. The van der Waals surface area contributed by atoms with E-state index in [9.17, 15) is 0 Å². The van der Waals surface area contributed by atoms with Crippen molar-refractivity contribution in [3.63, 3.8) is 0 Å². The molecule has 2 rings (SSSR count). The summed E-state index contributed by atoms with van der Waals surface area (Å²) in [5, 5.41) is 5.56. The third-order valence-corrected chi connectivity index (χ3v) is 3.69. The van der Waals surface area contributed by atoms with Crippen molar-refractivity contribution in [1.29, 1.82) is 0 Å². The van der Waals surface area contributed by atoms with Crippen LogP contribution in [0.2, 0.25) is 0 Å². The summed E-state index contributed by atoms with van der Waals surface area (Å²) >= 11 is 5.18. The molecule has 0 atom stereocenters. The molecular formula is C12H12BrNS. The Balaban J connectivity index is 1.99. The third kappa shape index (κ3) is 3.08. The minimum Gasteiger partial charge on any atom is -0.381 e. The molecule has 3 heteroatoms. The van der Waals surface area contributed by atoms with Crippen LogP contribution < -0.4 is 5.32 Å². The molecule has 0 radical (unpaired) electrons. The molecule has 1 nitrogen and oxygen atoms in total. The summed E-state index contributed by atoms with van der Waals surface area (Å²) in [6, 6.07) is 10.6. The number of nitrogens with one attached hydrogen (secondary N) is 1. The number of benzene rings is 1. The van der Waals surface area contributed by atoms with Crippen LogP contribution in [0.1, 0.15) is 11.1 Å². The SMILES string of the molecule is Cc1cccc(NCc2csc(Br)c2)c1. The lowest BCUT2D eigenvalue weighted by molar-refractivity contribution is 1.16. The van der Waals surface area contributed by atoms with Crippen LogP contribution in [-0.4, -0.2) is 0 Å². The van der Waals surface area contributed by atoms with Crippen molar-refractivity contribution in [3.8, 4) is 0 Å². The fraction of sp³-hybridized carbons (Fsp3) is 0.167. The lowest BCUT2D eigenvalue weighted by Gasteiger charge is -2.05. The summed E-state index contributed by atoms with van der Waals surface area (Å²) in [4.78, 5) is 0. The Morgan fingerprint density at radius 1 is 1.33 bits per heavy atom. The summed E-state index contributed by atoms with van der Waals surface area (Å²) in [6.45, 7) is 2.98. The van der Waals surface area contributed by atoms with Crippen molar-refractivity contribution in [1.82, 2.24) is 0 Å². The monoisotopic (exact) mass is 281 g/mol. The normalized spacial score (nSPS) is 10.3. The van der Waals surface area contributed by atoms with Crippen molar-refractivity contribution in [2.45, 2.75) is 13.5 Å². The number of anilines is 1. The van der Waals surface area contributed by atoms with Gasteiger partial charge in [-0.25, -0.2) is 0 Å². The van der Waals surface area contributed by atoms with E-state index in [2.05, 4.69) is 63.9 Å². The van der Waals surface area contributed by atoms with Gasteiger partial charge < -0.3 is 5.32 Å². The molecule has 1 heterocycles. The van der Waals surface area contributed by atoms with Gasteiger partial charge in [-0.15, -0.1) is 11.3 Å². The molecule has 1 aromatic heterocycles. The molecule has 1 aromatic carbocycles. The molecule has 0 saturated heterocycles. The maximum absolute atomic E-state index is 3.46. The highest BCUT2D eigenvalue weighted by Gasteiger charge is 1.97. The summed E-state index contributed by atoms with van der Waals surface area (Å²) in [7, 11) is 0. The summed E-state index contributed by atoms with van der Waals surface area (Å²) in [6.07, 6.45) is 0. The zero-order chi connectivity index (χ0) is 10.7. The molecule has 15 heavy (non-hydrogen) atoms. The quantitative estimate of drug-likeness (QED) is 0.878. The van der Waals surface area contributed by atoms with Crippen molar-refractivity contribution >= 4 is 33.0 Å². The topological polar surface area (TPSA) is 12.0 Å². The van der Waals surface area contributed by atoms with Crippen molar-refractivity contribution < 1.29 is 0 Å². The fourth-order valence-electron chi connectivity index (χ4n) is 1.40. The van der Waals surface area contributed by atoms with E-state index >= 15 is 0 Å². The molecule has 0 aliphatic heterocycles. The van der Waals surface area contributed by atoms with Crippen LogP contribution in [0.15, 0.2) is 39.5 Å².